The van der Waals surface area contributed by atoms with E-state index in [1.54, 1.807) is 42.1 Å². The van der Waals surface area contributed by atoms with Crippen LogP contribution in [0.1, 0.15) is 18.0 Å². The Kier molecular flexibility index (Phi) is 4.42. The Hall–Kier alpha value is -2.74. The van der Waals surface area contributed by atoms with Crippen molar-refractivity contribution < 1.29 is 9.18 Å². The number of nitrogens with zero attached hydrogens (tertiary/aromatic N) is 3. The molecule has 132 valence electrons. The van der Waals surface area contributed by atoms with E-state index < -0.39 is 0 Å². The maximum atomic E-state index is 13.6. The molecule has 0 bridgehead atoms. The normalized spacial score (nSPS) is 16.3. The van der Waals surface area contributed by atoms with Gasteiger partial charge in [0.15, 0.2) is 0 Å². The number of hydrogen-bond donors (Lipinski definition) is 1. The first kappa shape index (κ1) is 16.7. The maximum absolute atomic E-state index is 13.6. The van der Waals surface area contributed by atoms with Gasteiger partial charge in [-0.15, -0.1) is 16.9 Å². The summed E-state index contributed by atoms with van der Waals surface area (Å²) in [7, 11) is 0. The molecule has 0 spiro atoms. The number of aromatic nitrogens is 3. The quantitative estimate of drug-likeness (QED) is 0.765. The average Bonchev–Trinajstić information content (AvgIpc) is 2.65. The van der Waals surface area contributed by atoms with Crippen LogP contribution in [0.15, 0.2) is 52.2 Å². The molecule has 1 unspecified atom stereocenters. The fourth-order valence-corrected chi connectivity index (χ4v) is 4.12. The highest BCUT2D eigenvalue weighted by molar-refractivity contribution is 7.99. The van der Waals surface area contributed by atoms with Gasteiger partial charge in [0.05, 0.1) is 11.4 Å². The minimum atomic E-state index is -0.364. The highest BCUT2D eigenvalue weighted by atomic mass is 32.2. The number of carbonyl (C=O) groups is 1. The fraction of sp³-hybridized carbons (Fsp3) is 0.222. The second-order valence-electron chi connectivity index (χ2n) is 6.01. The second kappa shape index (κ2) is 6.87. The van der Waals surface area contributed by atoms with Crippen molar-refractivity contribution >= 4 is 28.6 Å². The van der Waals surface area contributed by atoms with Gasteiger partial charge in [0.25, 0.3) is 5.56 Å². The molecule has 0 fully saturated rings. The number of halogens is 1. The van der Waals surface area contributed by atoms with Crippen molar-refractivity contribution in [3.05, 3.63) is 64.2 Å². The van der Waals surface area contributed by atoms with Crippen molar-refractivity contribution in [2.24, 2.45) is 0 Å². The third-order valence-corrected chi connectivity index (χ3v) is 5.39. The molecule has 1 N–H and O–H groups in total. The Morgan fingerprint density at radius 3 is 3.04 bits per heavy atom. The van der Waals surface area contributed by atoms with Gasteiger partial charge >= 0.3 is 0 Å². The Morgan fingerprint density at radius 2 is 2.15 bits per heavy atom. The van der Waals surface area contributed by atoms with Crippen molar-refractivity contribution in [1.29, 1.82) is 0 Å². The van der Waals surface area contributed by atoms with Crippen LogP contribution in [0.5, 0.6) is 0 Å². The van der Waals surface area contributed by atoms with Crippen LogP contribution in [0, 0.1) is 5.82 Å². The van der Waals surface area contributed by atoms with Gasteiger partial charge in [-0.3, -0.25) is 9.59 Å². The molecule has 6 nitrogen and oxygen atoms in total. The third-order valence-electron chi connectivity index (χ3n) is 4.27. The van der Waals surface area contributed by atoms with Crippen molar-refractivity contribution in [2.75, 3.05) is 5.75 Å². The number of hydrogen-bond acceptors (Lipinski definition) is 5. The average molecular weight is 370 g/mol. The van der Waals surface area contributed by atoms with Gasteiger partial charge < -0.3 is 5.32 Å². The number of carbonyl (C=O) groups excluding carboxylic acids is 1. The number of fused-ring (bicyclic) bond motifs is 2. The predicted molar refractivity (Wildman–Crippen MR) is 96.4 cm³/mol. The van der Waals surface area contributed by atoms with E-state index >= 15 is 0 Å². The minimum Gasteiger partial charge on any atom is -0.348 e. The summed E-state index contributed by atoms with van der Waals surface area (Å²) in [5.41, 5.74) is 0.894. The summed E-state index contributed by atoms with van der Waals surface area (Å²) >= 11 is 1.64. The molecule has 2 aromatic carbocycles. The Balaban J connectivity index is 1.55. The minimum absolute atomic E-state index is 0.231. The van der Waals surface area contributed by atoms with Crippen LogP contribution in [0.25, 0.3) is 10.9 Å². The van der Waals surface area contributed by atoms with Gasteiger partial charge in [0, 0.05) is 10.6 Å². The summed E-state index contributed by atoms with van der Waals surface area (Å²) < 4.78 is 14.6. The van der Waals surface area contributed by atoms with E-state index in [4.69, 9.17) is 0 Å². The molecule has 2 heterocycles. The molecular formula is C18H15FN4O2S. The number of nitrogens with one attached hydrogen (secondary N) is 1. The van der Waals surface area contributed by atoms with Gasteiger partial charge in [-0.25, -0.2) is 9.07 Å². The van der Waals surface area contributed by atoms with E-state index in [0.29, 0.717) is 17.3 Å². The molecule has 26 heavy (non-hydrogen) atoms. The summed E-state index contributed by atoms with van der Waals surface area (Å²) in [6.45, 7) is -0.231. The van der Waals surface area contributed by atoms with Gasteiger partial charge in [0.2, 0.25) is 5.91 Å². The van der Waals surface area contributed by atoms with Crippen LogP contribution in [-0.4, -0.2) is 26.7 Å². The van der Waals surface area contributed by atoms with E-state index in [1.807, 2.05) is 0 Å². The van der Waals surface area contributed by atoms with Crippen LogP contribution in [0.4, 0.5) is 4.39 Å². The molecule has 4 rings (SSSR count). The van der Waals surface area contributed by atoms with E-state index in [-0.39, 0.29) is 29.9 Å². The number of benzene rings is 2. The topological polar surface area (TPSA) is 76.9 Å². The lowest BCUT2D eigenvalue weighted by Crippen LogP contribution is -2.37. The molecule has 0 saturated carbocycles. The van der Waals surface area contributed by atoms with E-state index in [9.17, 15) is 14.0 Å². The number of rotatable bonds is 3. The summed E-state index contributed by atoms with van der Waals surface area (Å²) in [5, 5.41) is 11.1. The molecule has 1 aliphatic rings. The van der Waals surface area contributed by atoms with Crippen LogP contribution < -0.4 is 10.9 Å². The number of thioether (sulfide) groups is 1. The first-order valence-electron chi connectivity index (χ1n) is 8.16. The van der Waals surface area contributed by atoms with Gasteiger partial charge in [-0.2, -0.15) is 0 Å². The van der Waals surface area contributed by atoms with E-state index in [0.717, 1.165) is 20.9 Å². The zero-order valence-corrected chi connectivity index (χ0v) is 14.5. The van der Waals surface area contributed by atoms with Gasteiger partial charge in [-0.05, 0) is 42.3 Å². The smallest absolute Gasteiger partial charge is 0.278 e. The Morgan fingerprint density at radius 1 is 1.31 bits per heavy atom. The molecular weight excluding hydrogens is 355 g/mol. The highest BCUT2D eigenvalue weighted by Gasteiger charge is 2.23. The largest absolute Gasteiger partial charge is 0.348 e. The van der Waals surface area contributed by atoms with Gasteiger partial charge in [-0.1, -0.05) is 17.3 Å². The Bertz CT molecular complexity index is 1050. The summed E-state index contributed by atoms with van der Waals surface area (Å²) in [5.74, 6) is 0.144. The third kappa shape index (κ3) is 3.20. The van der Waals surface area contributed by atoms with Crippen molar-refractivity contribution in [3.8, 4) is 0 Å². The van der Waals surface area contributed by atoms with Crippen molar-refractivity contribution in [3.63, 3.8) is 0 Å². The lowest BCUT2D eigenvalue weighted by molar-refractivity contribution is -0.122. The molecule has 0 radical (unpaired) electrons. The first-order valence-corrected chi connectivity index (χ1v) is 9.14. The molecule has 1 aromatic heterocycles. The van der Waals surface area contributed by atoms with Crippen molar-refractivity contribution in [2.45, 2.75) is 23.9 Å². The van der Waals surface area contributed by atoms with Gasteiger partial charge in [0.1, 0.15) is 17.9 Å². The summed E-state index contributed by atoms with van der Waals surface area (Å²) in [6, 6.07) is 11.2. The van der Waals surface area contributed by atoms with Crippen LogP contribution in [0.2, 0.25) is 0 Å². The summed E-state index contributed by atoms with van der Waals surface area (Å²) in [6.07, 6.45) is 0.700. The molecule has 1 amide bonds. The fourth-order valence-electron chi connectivity index (χ4n) is 3.02. The first-order chi connectivity index (χ1) is 12.6. The second-order valence-corrected chi connectivity index (χ2v) is 7.15. The molecule has 1 atom stereocenters. The van der Waals surface area contributed by atoms with Crippen LogP contribution in [-0.2, 0) is 11.3 Å². The predicted octanol–water partition coefficient (Wildman–Crippen LogP) is 2.28. The van der Waals surface area contributed by atoms with E-state index in [1.165, 1.54) is 12.1 Å². The maximum Gasteiger partial charge on any atom is 0.278 e. The van der Waals surface area contributed by atoms with Crippen LogP contribution in [0.3, 0.4) is 0 Å². The zero-order valence-electron chi connectivity index (χ0n) is 13.7. The molecule has 8 heteroatoms. The Labute approximate surface area is 152 Å². The number of amides is 1. The van der Waals surface area contributed by atoms with Crippen LogP contribution >= 0.6 is 11.8 Å². The SMILES string of the molecule is O=C(Cn1nnc2ccccc2c1=O)NC1CCSc2ccc(F)cc21. The zero-order chi connectivity index (χ0) is 18.1. The lowest BCUT2D eigenvalue weighted by atomic mass is 10.0. The highest BCUT2D eigenvalue weighted by Crippen LogP contribution is 2.36. The molecule has 1 aliphatic heterocycles. The summed E-state index contributed by atoms with van der Waals surface area (Å²) in [4.78, 5) is 25.8. The molecule has 0 saturated heterocycles. The van der Waals surface area contributed by atoms with Crippen molar-refractivity contribution in [1.82, 2.24) is 20.3 Å². The molecule has 3 aromatic rings. The monoisotopic (exact) mass is 370 g/mol. The van der Waals surface area contributed by atoms with E-state index in [2.05, 4.69) is 15.6 Å². The molecule has 0 aliphatic carbocycles. The lowest BCUT2D eigenvalue weighted by Gasteiger charge is -2.26. The standard InChI is InChI=1S/C18H15FN4O2S/c19-11-5-6-16-13(9-11)14(7-8-26-16)20-17(24)10-23-18(25)12-3-1-2-4-15(12)21-22-23/h1-6,9,14H,7-8,10H2,(H,20,24).